The predicted molar refractivity (Wildman–Crippen MR) is 39.2 cm³/mol. The maximum absolute atomic E-state index is 10.9. The third-order valence-corrected chi connectivity index (χ3v) is 2.72. The summed E-state index contributed by atoms with van der Waals surface area (Å²) < 4.78 is 28.7. The average Bonchev–Trinajstić information content (AvgIpc) is 2.44. The Morgan fingerprint density at radius 1 is 1.55 bits per heavy atom. The van der Waals surface area contributed by atoms with Gasteiger partial charge in [0.15, 0.2) is 5.78 Å². The number of carbonyl (C=O) groups is 1. The molecule has 0 aromatic carbocycles. The van der Waals surface area contributed by atoms with E-state index < -0.39 is 26.5 Å². The van der Waals surface area contributed by atoms with Crippen LogP contribution in [0.5, 0.6) is 0 Å². The van der Waals surface area contributed by atoms with Gasteiger partial charge in [0.25, 0.3) is 10.1 Å². The Balaban J connectivity index is 2.59. The highest BCUT2D eigenvalue weighted by Crippen LogP contribution is 2.43. The van der Waals surface area contributed by atoms with Crippen molar-refractivity contribution in [2.45, 2.75) is 17.7 Å². The van der Waals surface area contributed by atoms with Gasteiger partial charge in [-0.05, 0) is 12.8 Å². The predicted octanol–water partition coefficient (Wildman–Crippen LogP) is 0.215. The summed E-state index contributed by atoms with van der Waals surface area (Å²) in [5.41, 5.74) is 0. The lowest BCUT2D eigenvalue weighted by atomic mass is 10.3. The summed E-state index contributed by atoms with van der Waals surface area (Å²) in [5.74, 6) is -1.47. The van der Waals surface area contributed by atoms with E-state index in [4.69, 9.17) is 16.2 Å². The molecular formula is C5H7ClO4S. The van der Waals surface area contributed by atoms with Gasteiger partial charge < -0.3 is 0 Å². The largest absolute Gasteiger partial charge is 0.296 e. The molecule has 0 saturated heterocycles. The van der Waals surface area contributed by atoms with E-state index >= 15 is 0 Å². The van der Waals surface area contributed by atoms with Gasteiger partial charge in [-0.25, -0.2) is 0 Å². The minimum atomic E-state index is -4.20. The fourth-order valence-electron chi connectivity index (χ4n) is 0.684. The van der Waals surface area contributed by atoms with Crippen molar-refractivity contribution in [1.29, 1.82) is 0 Å². The molecule has 1 N–H and O–H groups in total. The van der Waals surface area contributed by atoms with Crippen LogP contribution in [0.25, 0.3) is 0 Å². The molecule has 0 aromatic heterocycles. The number of rotatable bonds is 3. The number of alkyl halides is 1. The molecule has 6 heteroatoms. The highest BCUT2D eigenvalue weighted by Gasteiger charge is 2.48. The maximum atomic E-state index is 10.9. The second-order valence-electron chi connectivity index (χ2n) is 2.61. The molecule has 1 aliphatic rings. The molecule has 64 valence electrons. The fraction of sp³-hybridized carbons (Fsp3) is 0.800. The monoisotopic (exact) mass is 198 g/mol. The first kappa shape index (κ1) is 8.96. The van der Waals surface area contributed by atoms with Gasteiger partial charge in [0.05, 0.1) is 0 Å². The Labute approximate surface area is 69.3 Å². The summed E-state index contributed by atoms with van der Waals surface area (Å²) in [6.07, 6.45) is 1.01. The summed E-state index contributed by atoms with van der Waals surface area (Å²) in [5, 5.41) is 0. The number of carbonyl (C=O) groups excluding carboxylic acids is 1. The van der Waals surface area contributed by atoms with Crippen LogP contribution in [0.3, 0.4) is 0 Å². The maximum Gasteiger partial charge on any atom is 0.272 e. The van der Waals surface area contributed by atoms with Gasteiger partial charge in [-0.2, -0.15) is 8.42 Å². The first-order valence-electron chi connectivity index (χ1n) is 3.01. The van der Waals surface area contributed by atoms with Crippen LogP contribution >= 0.6 is 11.6 Å². The summed E-state index contributed by atoms with van der Waals surface area (Å²) in [6.45, 7) is 0. The van der Waals surface area contributed by atoms with Gasteiger partial charge in [-0.1, -0.05) is 0 Å². The molecule has 0 aromatic rings. The minimum Gasteiger partial charge on any atom is -0.296 e. The van der Waals surface area contributed by atoms with Crippen molar-refractivity contribution >= 4 is 27.5 Å². The van der Waals surface area contributed by atoms with E-state index in [0.29, 0.717) is 12.8 Å². The van der Waals surface area contributed by atoms with Crippen molar-refractivity contribution in [3.8, 4) is 0 Å². The third-order valence-electron chi connectivity index (χ3n) is 1.50. The van der Waals surface area contributed by atoms with E-state index in [1.54, 1.807) is 0 Å². The minimum absolute atomic E-state index is 0.503. The highest BCUT2D eigenvalue weighted by atomic mass is 35.5. The number of hydrogen-bond acceptors (Lipinski definition) is 3. The zero-order chi connectivity index (χ0) is 8.70. The van der Waals surface area contributed by atoms with E-state index in [2.05, 4.69) is 0 Å². The molecule has 0 atom stereocenters. The summed E-state index contributed by atoms with van der Waals surface area (Å²) in [6, 6.07) is 0. The van der Waals surface area contributed by atoms with Gasteiger partial charge in [0.1, 0.15) is 10.6 Å². The molecule has 0 heterocycles. The van der Waals surface area contributed by atoms with E-state index in [1.165, 1.54) is 0 Å². The smallest absolute Gasteiger partial charge is 0.272 e. The molecule has 0 aliphatic heterocycles. The van der Waals surface area contributed by atoms with Gasteiger partial charge >= 0.3 is 0 Å². The van der Waals surface area contributed by atoms with Gasteiger partial charge in [0.2, 0.25) is 0 Å². The summed E-state index contributed by atoms with van der Waals surface area (Å²) in [7, 11) is -4.20. The Kier molecular flexibility index (Phi) is 1.98. The second kappa shape index (κ2) is 2.43. The summed E-state index contributed by atoms with van der Waals surface area (Å²) in [4.78, 5) is 9.88. The van der Waals surface area contributed by atoms with Crippen LogP contribution in [0.4, 0.5) is 0 Å². The lowest BCUT2D eigenvalue weighted by Gasteiger charge is -2.01. The van der Waals surface area contributed by atoms with Crippen molar-refractivity contribution < 1.29 is 17.8 Å². The van der Waals surface area contributed by atoms with Crippen molar-refractivity contribution in [2.24, 2.45) is 0 Å². The van der Waals surface area contributed by atoms with E-state index in [9.17, 15) is 13.2 Å². The van der Waals surface area contributed by atoms with E-state index in [0.717, 1.165) is 0 Å². The molecular weight excluding hydrogens is 192 g/mol. The standard InChI is InChI=1S/C5H7ClO4S/c6-5(1-2-5)4(7)3-11(8,9)10/h1-3H2,(H,8,9,10). The first-order chi connectivity index (χ1) is 4.83. The molecule has 0 bridgehead atoms. The van der Waals surface area contributed by atoms with Crippen molar-refractivity contribution in [3.63, 3.8) is 0 Å². The third kappa shape index (κ3) is 2.43. The van der Waals surface area contributed by atoms with Gasteiger partial charge in [-0.15, -0.1) is 11.6 Å². The number of halogens is 1. The van der Waals surface area contributed by atoms with Crippen LogP contribution in [-0.4, -0.2) is 29.4 Å². The first-order valence-corrected chi connectivity index (χ1v) is 5.00. The Morgan fingerprint density at radius 3 is 2.27 bits per heavy atom. The molecule has 4 nitrogen and oxygen atoms in total. The zero-order valence-electron chi connectivity index (χ0n) is 5.58. The van der Waals surface area contributed by atoms with E-state index in [-0.39, 0.29) is 0 Å². The molecule has 0 unspecified atom stereocenters. The Morgan fingerprint density at radius 2 is 2.00 bits per heavy atom. The molecule has 1 aliphatic carbocycles. The fourth-order valence-corrected chi connectivity index (χ4v) is 1.53. The molecule has 1 rings (SSSR count). The molecule has 1 fully saturated rings. The highest BCUT2D eigenvalue weighted by molar-refractivity contribution is 7.86. The number of hydrogen-bond donors (Lipinski definition) is 1. The SMILES string of the molecule is O=C(CS(=O)(=O)O)C1(Cl)CC1. The quantitative estimate of drug-likeness (QED) is 0.520. The number of Topliss-reactive ketones (excluding diaryl/α,β-unsaturated/α-hetero) is 1. The van der Waals surface area contributed by atoms with E-state index in [1.807, 2.05) is 0 Å². The molecule has 1 saturated carbocycles. The Hall–Kier alpha value is -0.130. The lowest BCUT2D eigenvalue weighted by molar-refractivity contribution is -0.117. The number of ketones is 1. The van der Waals surface area contributed by atoms with Crippen molar-refractivity contribution in [2.75, 3.05) is 5.75 Å². The van der Waals surface area contributed by atoms with Crippen LogP contribution < -0.4 is 0 Å². The normalized spacial score (nSPS) is 21.3. The van der Waals surface area contributed by atoms with Crippen LogP contribution in [0.15, 0.2) is 0 Å². The molecule has 11 heavy (non-hydrogen) atoms. The van der Waals surface area contributed by atoms with Gasteiger partial charge in [0, 0.05) is 0 Å². The molecule has 0 amide bonds. The molecule has 0 spiro atoms. The average molecular weight is 199 g/mol. The topological polar surface area (TPSA) is 71.4 Å². The Bertz CT molecular complexity index is 277. The zero-order valence-corrected chi connectivity index (χ0v) is 7.15. The lowest BCUT2D eigenvalue weighted by Crippen LogP contribution is -2.24. The van der Waals surface area contributed by atoms with Crippen molar-refractivity contribution in [3.05, 3.63) is 0 Å². The van der Waals surface area contributed by atoms with Crippen LogP contribution in [-0.2, 0) is 14.9 Å². The molecule has 0 radical (unpaired) electrons. The van der Waals surface area contributed by atoms with Crippen molar-refractivity contribution in [1.82, 2.24) is 0 Å². The summed E-state index contributed by atoms with van der Waals surface area (Å²) >= 11 is 5.58. The van der Waals surface area contributed by atoms with Gasteiger partial charge in [-0.3, -0.25) is 9.35 Å². The van der Waals surface area contributed by atoms with Crippen LogP contribution in [0.1, 0.15) is 12.8 Å². The van der Waals surface area contributed by atoms with Crippen LogP contribution in [0, 0.1) is 0 Å². The van der Waals surface area contributed by atoms with Crippen LogP contribution in [0.2, 0.25) is 0 Å². The second-order valence-corrected chi connectivity index (χ2v) is 4.79.